The molecule has 0 atom stereocenters. The third-order valence-corrected chi connectivity index (χ3v) is 8.15. The molecule has 0 bridgehead atoms. The highest BCUT2D eigenvalue weighted by Crippen LogP contribution is 2.63. The Morgan fingerprint density at radius 2 is 0.919 bits per heavy atom. The standard InChI is InChI=1S/C33H34N2O2/c1-31(2)19-33(29-17-25(11-13-27(29)31)36-23-9-5-7-21(34)15-23)20-32(3,4)28-14-12-26(18-30(28)33)37-24-10-6-8-22(35)16-24/h5-18H,19-20,34-35H2,1-4H3. The minimum Gasteiger partial charge on any atom is -0.457 e. The number of hydrogen-bond acceptors (Lipinski definition) is 4. The van der Waals surface area contributed by atoms with Gasteiger partial charge in [-0.1, -0.05) is 52.0 Å². The maximum atomic E-state index is 6.29. The lowest BCUT2D eigenvalue weighted by atomic mass is 9.72. The van der Waals surface area contributed by atoms with E-state index < -0.39 is 0 Å². The first-order chi connectivity index (χ1) is 17.6. The van der Waals surface area contributed by atoms with Crippen LogP contribution in [0.15, 0.2) is 84.9 Å². The molecule has 1 spiro atoms. The van der Waals surface area contributed by atoms with E-state index in [9.17, 15) is 0 Å². The summed E-state index contributed by atoms with van der Waals surface area (Å²) in [6.45, 7) is 9.43. The normalized spacial score (nSPS) is 17.8. The van der Waals surface area contributed by atoms with Crippen molar-refractivity contribution in [3.63, 3.8) is 0 Å². The smallest absolute Gasteiger partial charge is 0.129 e. The highest BCUT2D eigenvalue weighted by atomic mass is 16.5. The Balaban J connectivity index is 1.46. The molecule has 0 unspecified atom stereocenters. The average molecular weight is 491 g/mol. The lowest BCUT2D eigenvalue weighted by molar-refractivity contribution is 0.349. The van der Waals surface area contributed by atoms with Crippen molar-refractivity contribution in [1.82, 2.24) is 0 Å². The molecule has 4 aromatic carbocycles. The van der Waals surface area contributed by atoms with Gasteiger partial charge in [0.05, 0.1) is 0 Å². The molecule has 2 aliphatic rings. The summed E-state index contributed by atoms with van der Waals surface area (Å²) < 4.78 is 12.6. The van der Waals surface area contributed by atoms with Crippen molar-refractivity contribution in [3.05, 3.63) is 107 Å². The molecule has 4 aromatic rings. The molecule has 0 aromatic heterocycles. The molecule has 188 valence electrons. The number of ether oxygens (including phenoxy) is 2. The second kappa shape index (κ2) is 8.04. The Hall–Kier alpha value is -3.92. The summed E-state index contributed by atoms with van der Waals surface area (Å²) in [6.07, 6.45) is 2.07. The molecule has 0 radical (unpaired) electrons. The van der Waals surface area contributed by atoms with Gasteiger partial charge in [-0.3, -0.25) is 0 Å². The van der Waals surface area contributed by atoms with E-state index in [0.717, 1.165) is 35.8 Å². The molecule has 0 saturated heterocycles. The predicted octanol–water partition coefficient (Wildman–Crippen LogP) is 8.08. The fourth-order valence-corrected chi connectivity index (χ4v) is 6.86. The summed E-state index contributed by atoms with van der Waals surface area (Å²) in [4.78, 5) is 0. The van der Waals surface area contributed by atoms with Gasteiger partial charge in [-0.2, -0.15) is 0 Å². The van der Waals surface area contributed by atoms with E-state index in [0.29, 0.717) is 11.4 Å². The Labute approximate surface area is 219 Å². The molecule has 4 N–H and O–H groups in total. The van der Waals surface area contributed by atoms with Crippen LogP contribution >= 0.6 is 0 Å². The van der Waals surface area contributed by atoms with Crippen LogP contribution in [-0.2, 0) is 16.2 Å². The Bertz CT molecular complexity index is 1400. The van der Waals surface area contributed by atoms with Gasteiger partial charge in [-0.05, 0) is 94.5 Å². The van der Waals surface area contributed by atoms with Crippen molar-refractivity contribution in [1.29, 1.82) is 0 Å². The van der Waals surface area contributed by atoms with Crippen LogP contribution in [0.1, 0.15) is 62.8 Å². The van der Waals surface area contributed by atoms with Crippen molar-refractivity contribution in [3.8, 4) is 23.0 Å². The second-order valence-electron chi connectivity index (χ2n) is 12.0. The van der Waals surface area contributed by atoms with Gasteiger partial charge < -0.3 is 20.9 Å². The van der Waals surface area contributed by atoms with Crippen LogP contribution in [0.25, 0.3) is 0 Å². The second-order valence-corrected chi connectivity index (χ2v) is 12.0. The summed E-state index contributed by atoms with van der Waals surface area (Å²) in [6, 6.07) is 28.4. The monoisotopic (exact) mass is 490 g/mol. The van der Waals surface area contributed by atoms with E-state index in [1.165, 1.54) is 22.3 Å². The fraction of sp³-hybridized carbons (Fsp3) is 0.273. The Kier molecular flexibility index (Phi) is 5.10. The molecule has 6 rings (SSSR count). The van der Waals surface area contributed by atoms with Crippen LogP contribution in [0, 0.1) is 0 Å². The van der Waals surface area contributed by atoms with Crippen molar-refractivity contribution in [2.24, 2.45) is 0 Å². The number of nitrogen functional groups attached to an aromatic ring is 2. The molecule has 37 heavy (non-hydrogen) atoms. The summed E-state index contributed by atoms with van der Waals surface area (Å²) in [7, 11) is 0. The first-order valence-corrected chi connectivity index (χ1v) is 12.9. The summed E-state index contributed by atoms with van der Waals surface area (Å²) in [5.41, 5.74) is 18.8. The Morgan fingerprint density at radius 3 is 1.32 bits per heavy atom. The van der Waals surface area contributed by atoms with E-state index in [-0.39, 0.29) is 16.2 Å². The maximum Gasteiger partial charge on any atom is 0.129 e. The zero-order valence-corrected chi connectivity index (χ0v) is 22.0. The number of anilines is 2. The van der Waals surface area contributed by atoms with Gasteiger partial charge in [-0.25, -0.2) is 0 Å². The molecule has 4 nitrogen and oxygen atoms in total. The molecule has 0 amide bonds. The van der Waals surface area contributed by atoms with Crippen LogP contribution in [0.5, 0.6) is 23.0 Å². The van der Waals surface area contributed by atoms with Gasteiger partial charge >= 0.3 is 0 Å². The topological polar surface area (TPSA) is 70.5 Å². The van der Waals surface area contributed by atoms with Crippen LogP contribution < -0.4 is 20.9 Å². The minimum atomic E-state index is -0.123. The summed E-state index contributed by atoms with van der Waals surface area (Å²) >= 11 is 0. The molecule has 0 saturated carbocycles. The largest absolute Gasteiger partial charge is 0.457 e. The first kappa shape index (κ1) is 23.5. The van der Waals surface area contributed by atoms with Crippen LogP contribution in [-0.4, -0.2) is 0 Å². The SMILES string of the molecule is CC1(C)CC2(CC(C)(C)c3ccc(Oc4cccc(N)c4)cc32)c2cc(Oc3cccc(N)c3)ccc21. The van der Waals surface area contributed by atoms with Gasteiger partial charge in [0.2, 0.25) is 0 Å². The van der Waals surface area contributed by atoms with Crippen molar-refractivity contribution in [2.75, 3.05) is 11.5 Å². The number of hydrogen-bond donors (Lipinski definition) is 2. The predicted molar refractivity (Wildman–Crippen MR) is 151 cm³/mol. The van der Waals surface area contributed by atoms with E-state index >= 15 is 0 Å². The van der Waals surface area contributed by atoms with E-state index in [1.54, 1.807) is 0 Å². The fourth-order valence-electron chi connectivity index (χ4n) is 6.86. The van der Waals surface area contributed by atoms with Crippen LogP contribution in [0.2, 0.25) is 0 Å². The maximum absolute atomic E-state index is 6.29. The minimum absolute atomic E-state index is 0.0352. The summed E-state index contributed by atoms with van der Waals surface area (Å²) in [5.74, 6) is 3.16. The molecule has 0 aliphatic heterocycles. The molecule has 0 fully saturated rings. The highest BCUT2D eigenvalue weighted by Gasteiger charge is 2.56. The molecular formula is C33H34N2O2. The highest BCUT2D eigenvalue weighted by molar-refractivity contribution is 5.62. The van der Waals surface area contributed by atoms with Gasteiger partial charge in [0.15, 0.2) is 0 Å². The molecule has 0 heterocycles. The third-order valence-electron chi connectivity index (χ3n) is 8.15. The average Bonchev–Trinajstić information content (AvgIpc) is 3.18. The number of fused-ring (bicyclic) bond motifs is 4. The quantitative estimate of drug-likeness (QED) is 0.284. The van der Waals surface area contributed by atoms with Gasteiger partial charge in [0.1, 0.15) is 23.0 Å². The number of nitrogens with two attached hydrogens (primary N) is 2. The van der Waals surface area contributed by atoms with Crippen molar-refractivity contribution < 1.29 is 9.47 Å². The van der Waals surface area contributed by atoms with E-state index in [1.807, 2.05) is 48.5 Å². The lowest BCUT2D eigenvalue weighted by Gasteiger charge is -2.30. The van der Waals surface area contributed by atoms with E-state index in [2.05, 4.69) is 64.1 Å². The molecular weight excluding hydrogens is 456 g/mol. The van der Waals surface area contributed by atoms with Crippen LogP contribution in [0.3, 0.4) is 0 Å². The zero-order chi connectivity index (χ0) is 26.0. The van der Waals surface area contributed by atoms with Crippen molar-refractivity contribution >= 4 is 11.4 Å². The number of benzene rings is 4. The van der Waals surface area contributed by atoms with Crippen molar-refractivity contribution in [2.45, 2.75) is 56.8 Å². The summed E-state index contributed by atoms with van der Waals surface area (Å²) in [5, 5.41) is 0. The third kappa shape index (κ3) is 3.92. The van der Waals surface area contributed by atoms with Gasteiger partial charge in [-0.15, -0.1) is 0 Å². The zero-order valence-electron chi connectivity index (χ0n) is 22.0. The van der Waals surface area contributed by atoms with E-state index in [4.69, 9.17) is 20.9 Å². The lowest BCUT2D eigenvalue weighted by Crippen LogP contribution is -2.27. The first-order valence-electron chi connectivity index (χ1n) is 12.9. The number of rotatable bonds is 4. The van der Waals surface area contributed by atoms with Gasteiger partial charge in [0, 0.05) is 28.9 Å². The van der Waals surface area contributed by atoms with Gasteiger partial charge in [0.25, 0.3) is 0 Å². The molecule has 4 heteroatoms. The Morgan fingerprint density at radius 1 is 0.514 bits per heavy atom. The van der Waals surface area contributed by atoms with Crippen LogP contribution in [0.4, 0.5) is 11.4 Å². The molecule has 2 aliphatic carbocycles.